The van der Waals surface area contributed by atoms with Crippen molar-refractivity contribution < 1.29 is 14.8 Å². The summed E-state index contributed by atoms with van der Waals surface area (Å²) < 4.78 is 1.81. The molecule has 1 heterocycles. The molecule has 0 saturated carbocycles. The van der Waals surface area contributed by atoms with Crippen LogP contribution in [0.1, 0.15) is 21.7 Å². The van der Waals surface area contributed by atoms with Crippen LogP contribution in [0.25, 0.3) is 12.2 Å². The van der Waals surface area contributed by atoms with Gasteiger partial charge in [0.05, 0.1) is 0 Å². The van der Waals surface area contributed by atoms with Gasteiger partial charge in [-0.2, -0.15) is 0 Å². The van der Waals surface area contributed by atoms with E-state index in [2.05, 4.69) is 0 Å². The van der Waals surface area contributed by atoms with E-state index in [0.29, 0.717) is 10.6 Å². The number of hydrogen-bond acceptors (Lipinski definition) is 3. The monoisotopic (exact) mass is 330 g/mol. The summed E-state index contributed by atoms with van der Waals surface area (Å²) in [5, 5.41) is 8.96. The SMILES string of the molecule is Cn1c(/C=C/C(=O)NO)ccc1/C=C/C(=O)c1cccc(Cl)c1. The van der Waals surface area contributed by atoms with E-state index in [9.17, 15) is 9.59 Å². The maximum Gasteiger partial charge on any atom is 0.267 e. The number of nitrogens with one attached hydrogen (secondary N) is 1. The first-order chi connectivity index (χ1) is 11.0. The molecule has 0 atom stereocenters. The Labute approximate surface area is 138 Å². The van der Waals surface area contributed by atoms with E-state index >= 15 is 0 Å². The van der Waals surface area contributed by atoms with Crippen molar-refractivity contribution >= 4 is 35.4 Å². The second-order valence-corrected chi connectivity index (χ2v) is 5.20. The Balaban J connectivity index is 2.14. The third-order valence-corrected chi connectivity index (χ3v) is 3.46. The smallest absolute Gasteiger partial charge is 0.267 e. The second kappa shape index (κ2) is 7.58. The maximum absolute atomic E-state index is 12.1. The number of hydrogen-bond donors (Lipinski definition) is 2. The topological polar surface area (TPSA) is 71.3 Å². The molecule has 1 aromatic heterocycles. The minimum absolute atomic E-state index is 0.148. The third kappa shape index (κ3) is 4.42. The molecule has 2 aromatic rings. The number of halogens is 1. The Hall–Kier alpha value is -2.63. The van der Waals surface area contributed by atoms with Gasteiger partial charge in [-0.15, -0.1) is 0 Å². The third-order valence-electron chi connectivity index (χ3n) is 3.23. The lowest BCUT2D eigenvalue weighted by Crippen LogP contribution is -2.14. The lowest BCUT2D eigenvalue weighted by molar-refractivity contribution is -0.124. The van der Waals surface area contributed by atoms with Crippen molar-refractivity contribution in [1.82, 2.24) is 10.0 Å². The van der Waals surface area contributed by atoms with E-state index in [1.807, 2.05) is 10.6 Å². The van der Waals surface area contributed by atoms with Crippen LogP contribution in [0.4, 0.5) is 0 Å². The van der Waals surface area contributed by atoms with E-state index < -0.39 is 5.91 Å². The Morgan fingerprint density at radius 2 is 1.78 bits per heavy atom. The van der Waals surface area contributed by atoms with Crippen LogP contribution in [0, 0.1) is 0 Å². The summed E-state index contributed by atoms with van der Waals surface area (Å²) in [6.07, 6.45) is 5.92. The molecule has 1 aromatic carbocycles. The summed E-state index contributed by atoms with van der Waals surface area (Å²) >= 11 is 5.87. The molecular formula is C17H15ClN2O3. The molecule has 5 nitrogen and oxygen atoms in total. The lowest BCUT2D eigenvalue weighted by atomic mass is 10.1. The van der Waals surface area contributed by atoms with Gasteiger partial charge in [0, 0.05) is 35.1 Å². The quantitative estimate of drug-likeness (QED) is 0.383. The number of hydroxylamine groups is 1. The Kier molecular flexibility index (Phi) is 5.51. The Morgan fingerprint density at radius 1 is 1.13 bits per heavy atom. The summed E-state index contributed by atoms with van der Waals surface area (Å²) in [4.78, 5) is 23.1. The molecule has 0 radical (unpaired) electrons. The summed E-state index contributed by atoms with van der Waals surface area (Å²) in [7, 11) is 1.81. The van der Waals surface area contributed by atoms with Gasteiger partial charge in [-0.25, -0.2) is 5.48 Å². The van der Waals surface area contributed by atoms with Crippen molar-refractivity contribution in [3.8, 4) is 0 Å². The van der Waals surface area contributed by atoms with Crippen molar-refractivity contribution in [3.63, 3.8) is 0 Å². The first-order valence-corrected chi connectivity index (χ1v) is 7.15. The largest absolute Gasteiger partial charge is 0.345 e. The first kappa shape index (κ1) is 16.7. The van der Waals surface area contributed by atoms with E-state index in [1.54, 1.807) is 49.5 Å². The van der Waals surface area contributed by atoms with Crippen molar-refractivity contribution in [3.05, 3.63) is 70.5 Å². The molecule has 2 rings (SSSR count). The molecule has 1 amide bonds. The van der Waals surface area contributed by atoms with Gasteiger partial charge in [0.25, 0.3) is 5.91 Å². The Bertz CT molecular complexity index is 791. The van der Waals surface area contributed by atoms with Gasteiger partial charge in [-0.1, -0.05) is 23.7 Å². The van der Waals surface area contributed by atoms with Crippen LogP contribution in [0.5, 0.6) is 0 Å². The second-order valence-electron chi connectivity index (χ2n) is 4.76. The zero-order valence-electron chi connectivity index (χ0n) is 12.4. The van der Waals surface area contributed by atoms with Crippen LogP contribution < -0.4 is 5.48 Å². The van der Waals surface area contributed by atoms with E-state index in [4.69, 9.17) is 16.8 Å². The summed E-state index contributed by atoms with van der Waals surface area (Å²) in [6.45, 7) is 0. The molecule has 23 heavy (non-hydrogen) atoms. The minimum atomic E-state index is -0.612. The van der Waals surface area contributed by atoms with Crippen LogP contribution in [-0.2, 0) is 11.8 Å². The van der Waals surface area contributed by atoms with E-state index in [1.165, 1.54) is 17.6 Å². The molecule has 0 bridgehead atoms. The van der Waals surface area contributed by atoms with Gasteiger partial charge >= 0.3 is 0 Å². The highest BCUT2D eigenvalue weighted by atomic mass is 35.5. The fourth-order valence-corrected chi connectivity index (χ4v) is 2.17. The van der Waals surface area contributed by atoms with Gasteiger partial charge in [0.2, 0.25) is 0 Å². The number of rotatable bonds is 5. The Morgan fingerprint density at radius 3 is 2.39 bits per heavy atom. The number of carbonyl (C=O) groups is 2. The van der Waals surface area contributed by atoms with Crippen molar-refractivity contribution in [1.29, 1.82) is 0 Å². The van der Waals surface area contributed by atoms with Crippen molar-refractivity contribution in [2.24, 2.45) is 7.05 Å². The molecule has 0 unspecified atom stereocenters. The number of ketones is 1. The van der Waals surface area contributed by atoms with Crippen LogP contribution >= 0.6 is 11.6 Å². The molecular weight excluding hydrogens is 316 g/mol. The molecule has 0 aliphatic rings. The molecule has 0 fully saturated rings. The van der Waals surface area contributed by atoms with Gasteiger partial charge in [-0.3, -0.25) is 14.8 Å². The van der Waals surface area contributed by atoms with Crippen LogP contribution in [0.15, 0.2) is 48.6 Å². The highest BCUT2D eigenvalue weighted by Crippen LogP contribution is 2.14. The fourth-order valence-electron chi connectivity index (χ4n) is 1.98. The molecule has 6 heteroatoms. The zero-order valence-corrected chi connectivity index (χ0v) is 13.1. The first-order valence-electron chi connectivity index (χ1n) is 6.77. The average molecular weight is 331 g/mol. The normalized spacial score (nSPS) is 11.3. The minimum Gasteiger partial charge on any atom is -0.345 e. The number of aromatic nitrogens is 1. The van der Waals surface area contributed by atoms with E-state index in [-0.39, 0.29) is 5.78 Å². The predicted octanol–water partition coefficient (Wildman–Crippen LogP) is 3.09. The van der Waals surface area contributed by atoms with Gasteiger partial charge in [-0.05, 0) is 42.5 Å². The highest BCUT2D eigenvalue weighted by Gasteiger charge is 2.04. The fraction of sp³-hybridized carbons (Fsp3) is 0.0588. The van der Waals surface area contributed by atoms with Crippen molar-refractivity contribution in [2.45, 2.75) is 0 Å². The number of allylic oxidation sites excluding steroid dienone is 1. The summed E-state index contributed by atoms with van der Waals surface area (Å²) in [5.74, 6) is -0.759. The van der Waals surface area contributed by atoms with Crippen LogP contribution in [0.2, 0.25) is 5.02 Å². The average Bonchev–Trinajstić information content (AvgIpc) is 2.90. The van der Waals surface area contributed by atoms with Crippen LogP contribution in [0.3, 0.4) is 0 Å². The highest BCUT2D eigenvalue weighted by molar-refractivity contribution is 6.31. The number of nitrogens with zero attached hydrogens (tertiary/aromatic N) is 1. The summed E-state index contributed by atoms with van der Waals surface area (Å²) in [6, 6.07) is 10.4. The maximum atomic E-state index is 12.1. The van der Waals surface area contributed by atoms with Gasteiger partial charge in [0.15, 0.2) is 5.78 Å². The standard InChI is InChI=1S/C17H15ClN2O3/c1-20-14(5-6-15(20)8-10-17(22)19-23)7-9-16(21)12-3-2-4-13(18)11-12/h2-11,23H,1H3,(H,19,22)/b9-7+,10-8+. The van der Waals surface area contributed by atoms with E-state index in [0.717, 1.165) is 11.4 Å². The zero-order chi connectivity index (χ0) is 16.8. The lowest BCUT2D eigenvalue weighted by Gasteiger charge is -2.01. The van der Waals surface area contributed by atoms with Crippen LogP contribution in [-0.4, -0.2) is 21.5 Å². The molecule has 0 aliphatic carbocycles. The van der Waals surface area contributed by atoms with Gasteiger partial charge in [0.1, 0.15) is 0 Å². The molecule has 0 saturated heterocycles. The number of benzene rings is 1. The van der Waals surface area contributed by atoms with Crippen molar-refractivity contribution in [2.75, 3.05) is 0 Å². The number of amides is 1. The molecule has 0 spiro atoms. The predicted molar refractivity (Wildman–Crippen MR) is 89.2 cm³/mol. The van der Waals surface area contributed by atoms with Gasteiger partial charge < -0.3 is 4.57 Å². The molecule has 2 N–H and O–H groups in total. The number of carbonyl (C=O) groups excluding carboxylic acids is 2. The molecule has 118 valence electrons. The molecule has 0 aliphatic heterocycles. The summed E-state index contributed by atoms with van der Waals surface area (Å²) in [5.41, 5.74) is 3.59.